The zero-order chi connectivity index (χ0) is 25.5. The summed E-state index contributed by atoms with van der Waals surface area (Å²) in [5, 5.41) is 9.15. The maximum absolute atomic E-state index is 8.68. The molecule has 0 spiro atoms. The van der Waals surface area contributed by atoms with E-state index < -0.39 is 0 Å². The summed E-state index contributed by atoms with van der Waals surface area (Å²) >= 11 is 11.3. The predicted octanol–water partition coefficient (Wildman–Crippen LogP) is 3.79. The van der Waals surface area contributed by atoms with Crippen molar-refractivity contribution in [3.05, 3.63) is 58.1 Å². The first kappa shape index (κ1) is 27.0. The topological polar surface area (TPSA) is 112 Å². The molecule has 0 radical (unpaired) electrons. The number of aromatic nitrogens is 4. The van der Waals surface area contributed by atoms with Crippen molar-refractivity contribution in [2.24, 2.45) is 0 Å². The molecule has 0 fully saturated rings. The Bertz CT molecular complexity index is 1280. The number of hydrogen-bond acceptors (Lipinski definition) is 9. The van der Waals surface area contributed by atoms with Crippen molar-refractivity contribution in [3.8, 4) is 53.8 Å². The van der Waals surface area contributed by atoms with E-state index in [-0.39, 0.29) is 47.0 Å². The zero-order valence-electron chi connectivity index (χ0n) is 18.8. The molecular formula is C24H19Cl2N5O4. The van der Waals surface area contributed by atoms with E-state index in [0.29, 0.717) is 6.42 Å². The summed E-state index contributed by atoms with van der Waals surface area (Å²) in [5.74, 6) is 9.05. The average molecular weight is 512 g/mol. The molecule has 1 aromatic carbocycles. The number of terminal acetylenes is 1. The van der Waals surface area contributed by atoms with Crippen molar-refractivity contribution in [2.45, 2.75) is 6.42 Å². The Hall–Kier alpha value is -4.23. The fourth-order valence-electron chi connectivity index (χ4n) is 2.35. The molecule has 0 aliphatic heterocycles. The van der Waals surface area contributed by atoms with Gasteiger partial charge >= 0.3 is 0 Å². The standard InChI is InChI=1S/C16H12ClN3O2.C8H7ClN2O2/c1-21-16-15(19-11-14(17)20-16)22-9-3-6-12-4-2-5-13(10-12)7-8-18;1-3-4-13-7-8(12-2)11-6(9)5-10-7/h2,4-5,10-11H,7,9H2,1H3;1,5H,4H2,2H3. The van der Waals surface area contributed by atoms with E-state index >= 15 is 0 Å². The first-order valence-electron chi connectivity index (χ1n) is 9.77. The molecule has 0 aliphatic carbocycles. The van der Waals surface area contributed by atoms with Gasteiger partial charge in [0.25, 0.3) is 23.5 Å². The molecule has 2 heterocycles. The monoisotopic (exact) mass is 511 g/mol. The summed E-state index contributed by atoms with van der Waals surface area (Å²) in [6.45, 7) is 0.252. The SMILES string of the molecule is C#CCOc1ncc(Cl)nc1OC.COc1nc(Cl)cnc1OCC#Cc1cccc(CC#N)c1. The first-order valence-corrected chi connectivity index (χ1v) is 10.5. The second-order valence-electron chi connectivity index (χ2n) is 6.13. The Morgan fingerprint density at radius 3 is 2.06 bits per heavy atom. The molecule has 3 aromatic rings. The maximum atomic E-state index is 8.68. The fourth-order valence-corrected chi connectivity index (χ4v) is 2.60. The lowest BCUT2D eigenvalue weighted by Gasteiger charge is -2.05. The van der Waals surface area contributed by atoms with Crippen LogP contribution in [0.3, 0.4) is 0 Å². The molecule has 3 rings (SSSR count). The highest BCUT2D eigenvalue weighted by Crippen LogP contribution is 2.23. The summed E-state index contributed by atoms with van der Waals surface area (Å²) in [4.78, 5) is 15.6. The number of nitriles is 1. The van der Waals surface area contributed by atoms with Gasteiger partial charge < -0.3 is 18.9 Å². The quantitative estimate of drug-likeness (QED) is 0.437. The number of rotatable bonds is 7. The molecule has 0 N–H and O–H groups in total. The van der Waals surface area contributed by atoms with Gasteiger partial charge in [-0.2, -0.15) is 15.2 Å². The van der Waals surface area contributed by atoms with Gasteiger partial charge in [0.15, 0.2) is 23.5 Å². The van der Waals surface area contributed by atoms with Crippen LogP contribution in [0.2, 0.25) is 10.3 Å². The molecule has 0 atom stereocenters. The number of hydrogen-bond donors (Lipinski definition) is 0. The van der Waals surface area contributed by atoms with Crippen LogP contribution in [0.25, 0.3) is 0 Å². The largest absolute Gasteiger partial charge is 0.477 e. The zero-order valence-corrected chi connectivity index (χ0v) is 20.3. The van der Waals surface area contributed by atoms with Gasteiger partial charge in [-0.05, 0) is 17.7 Å². The van der Waals surface area contributed by atoms with E-state index in [2.05, 4.69) is 43.8 Å². The van der Waals surface area contributed by atoms with Crippen molar-refractivity contribution in [1.29, 1.82) is 5.26 Å². The van der Waals surface area contributed by atoms with Gasteiger partial charge in [-0.25, -0.2) is 9.97 Å². The lowest BCUT2D eigenvalue weighted by Crippen LogP contribution is -2.01. The Morgan fingerprint density at radius 2 is 1.51 bits per heavy atom. The molecule has 0 unspecified atom stereocenters. The lowest BCUT2D eigenvalue weighted by molar-refractivity contribution is 0.309. The van der Waals surface area contributed by atoms with Crippen molar-refractivity contribution < 1.29 is 18.9 Å². The van der Waals surface area contributed by atoms with Gasteiger partial charge in [0.2, 0.25) is 0 Å². The Kier molecular flexibility index (Phi) is 11.4. The minimum absolute atomic E-state index is 0.118. The molecule has 35 heavy (non-hydrogen) atoms. The van der Waals surface area contributed by atoms with Gasteiger partial charge in [-0.3, -0.25) is 0 Å². The molecule has 0 amide bonds. The number of halogens is 2. The Labute approximate surface area is 213 Å². The molecular weight excluding hydrogens is 493 g/mol. The maximum Gasteiger partial charge on any atom is 0.279 e. The molecule has 0 saturated carbocycles. The molecule has 0 saturated heterocycles. The first-order chi connectivity index (χ1) is 17.0. The van der Waals surface area contributed by atoms with E-state index in [9.17, 15) is 0 Å². The molecule has 0 aliphatic rings. The van der Waals surface area contributed by atoms with Crippen LogP contribution in [-0.4, -0.2) is 47.4 Å². The van der Waals surface area contributed by atoms with Crippen LogP contribution in [0.1, 0.15) is 11.1 Å². The Balaban J connectivity index is 0.000000283. The average Bonchev–Trinajstić information content (AvgIpc) is 2.87. The normalized spacial score (nSPS) is 9.20. The highest BCUT2D eigenvalue weighted by molar-refractivity contribution is 6.29. The van der Waals surface area contributed by atoms with Crippen LogP contribution in [0.15, 0.2) is 36.7 Å². The van der Waals surface area contributed by atoms with Gasteiger partial charge in [-0.15, -0.1) is 6.42 Å². The summed E-state index contributed by atoms with van der Waals surface area (Å²) < 4.78 is 20.3. The molecule has 11 heteroatoms. The summed E-state index contributed by atoms with van der Waals surface area (Å²) in [5.41, 5.74) is 1.76. The third kappa shape index (κ3) is 9.27. The van der Waals surface area contributed by atoms with Gasteiger partial charge in [0.1, 0.15) is 0 Å². The Morgan fingerprint density at radius 1 is 0.914 bits per heavy atom. The van der Waals surface area contributed by atoms with Crippen LogP contribution in [0, 0.1) is 35.5 Å². The van der Waals surface area contributed by atoms with E-state index in [1.807, 2.05) is 24.3 Å². The van der Waals surface area contributed by atoms with E-state index in [4.69, 9.17) is 53.8 Å². The molecule has 178 valence electrons. The van der Waals surface area contributed by atoms with Gasteiger partial charge in [0.05, 0.1) is 39.1 Å². The second-order valence-corrected chi connectivity index (χ2v) is 6.91. The highest BCUT2D eigenvalue weighted by atomic mass is 35.5. The summed E-state index contributed by atoms with van der Waals surface area (Å²) in [6.07, 6.45) is 8.10. The van der Waals surface area contributed by atoms with Crippen LogP contribution < -0.4 is 18.9 Å². The second kappa shape index (κ2) is 14.8. The van der Waals surface area contributed by atoms with Crippen molar-refractivity contribution >= 4 is 23.2 Å². The third-order valence-corrected chi connectivity index (χ3v) is 4.13. The van der Waals surface area contributed by atoms with Crippen molar-refractivity contribution in [3.63, 3.8) is 0 Å². The fraction of sp³-hybridized carbons (Fsp3) is 0.208. The lowest BCUT2D eigenvalue weighted by atomic mass is 10.1. The minimum Gasteiger partial charge on any atom is -0.477 e. The molecule has 0 bridgehead atoms. The number of nitrogens with zero attached hydrogens (tertiary/aromatic N) is 5. The smallest absolute Gasteiger partial charge is 0.279 e. The number of methoxy groups -OCH3 is 2. The summed E-state index contributed by atoms with van der Waals surface area (Å²) in [6, 6.07) is 9.60. The van der Waals surface area contributed by atoms with E-state index in [0.717, 1.165) is 11.1 Å². The van der Waals surface area contributed by atoms with E-state index in [1.54, 1.807) is 0 Å². The van der Waals surface area contributed by atoms with Crippen molar-refractivity contribution in [1.82, 2.24) is 19.9 Å². The van der Waals surface area contributed by atoms with Crippen LogP contribution in [0.5, 0.6) is 23.5 Å². The number of benzene rings is 1. The predicted molar refractivity (Wildman–Crippen MR) is 130 cm³/mol. The third-order valence-electron chi connectivity index (χ3n) is 3.76. The van der Waals surface area contributed by atoms with Gasteiger partial charge in [-0.1, -0.05) is 53.1 Å². The summed E-state index contributed by atoms with van der Waals surface area (Å²) in [7, 11) is 2.91. The van der Waals surface area contributed by atoms with Gasteiger partial charge in [0, 0.05) is 5.56 Å². The number of ether oxygens (including phenoxy) is 4. The van der Waals surface area contributed by atoms with Crippen molar-refractivity contribution in [2.75, 3.05) is 27.4 Å². The van der Waals surface area contributed by atoms with Crippen LogP contribution in [-0.2, 0) is 6.42 Å². The highest BCUT2D eigenvalue weighted by Gasteiger charge is 2.08. The van der Waals surface area contributed by atoms with E-state index in [1.165, 1.54) is 26.6 Å². The van der Waals surface area contributed by atoms with Crippen LogP contribution in [0.4, 0.5) is 0 Å². The minimum atomic E-state index is 0.118. The van der Waals surface area contributed by atoms with Crippen LogP contribution >= 0.6 is 23.2 Å². The molecule has 9 nitrogen and oxygen atoms in total. The molecule has 2 aromatic heterocycles.